The lowest BCUT2D eigenvalue weighted by Gasteiger charge is -2.40. The Hall–Kier alpha value is -3.64. The van der Waals surface area contributed by atoms with E-state index < -0.39 is 20.9 Å². The van der Waals surface area contributed by atoms with Crippen LogP contribution in [0, 0.1) is 17.7 Å². The SMILES string of the molecule is CC(=O)C1(c2ccc3c(=O)[nH]nc(CN)c3c2)CC1.CCC(C)C1CCCC(/C=C\C=C(C)C)=C1C.CCc1ccc(S(F)(F)(F)(F)F)cc1F. The van der Waals surface area contributed by atoms with Crippen molar-refractivity contribution in [2.45, 2.75) is 110 Å². The van der Waals surface area contributed by atoms with E-state index >= 15 is 0 Å². The van der Waals surface area contributed by atoms with Gasteiger partial charge in [-0.1, -0.05) is 88.1 Å². The van der Waals surface area contributed by atoms with E-state index in [2.05, 4.69) is 63.0 Å². The van der Waals surface area contributed by atoms with Crippen molar-refractivity contribution in [3.8, 4) is 0 Å². The first kappa shape index (κ1) is 41.8. The molecule has 282 valence electrons. The van der Waals surface area contributed by atoms with E-state index in [-0.39, 0.29) is 47.4 Å². The van der Waals surface area contributed by atoms with E-state index in [1.165, 1.54) is 38.2 Å². The number of benzene rings is 2. The third-order valence-electron chi connectivity index (χ3n) is 9.97. The van der Waals surface area contributed by atoms with E-state index in [9.17, 15) is 33.4 Å². The second-order valence-corrected chi connectivity index (χ2v) is 16.3. The van der Waals surface area contributed by atoms with Gasteiger partial charge in [-0.2, -0.15) is 5.10 Å². The van der Waals surface area contributed by atoms with Gasteiger partial charge in [0, 0.05) is 11.9 Å². The van der Waals surface area contributed by atoms with Gasteiger partial charge >= 0.3 is 10.2 Å². The van der Waals surface area contributed by atoms with Gasteiger partial charge in [0.05, 0.1) is 16.5 Å². The summed E-state index contributed by atoms with van der Waals surface area (Å²) in [4.78, 5) is 21.3. The Kier molecular flexibility index (Phi) is 12.7. The predicted octanol–water partition coefficient (Wildman–Crippen LogP) is 11.7. The molecule has 5 nitrogen and oxygen atoms in total. The highest BCUT2D eigenvalue weighted by Gasteiger charge is 2.65. The molecule has 2 aromatic carbocycles. The van der Waals surface area contributed by atoms with Crippen LogP contribution in [0.25, 0.3) is 10.8 Å². The number of nitrogens with one attached hydrogen (secondary N) is 1. The number of nitrogens with two attached hydrogens (primary N) is 1. The van der Waals surface area contributed by atoms with Crippen molar-refractivity contribution in [3.63, 3.8) is 0 Å². The summed E-state index contributed by atoms with van der Waals surface area (Å²) in [5.74, 6) is 0.574. The summed E-state index contributed by atoms with van der Waals surface area (Å²) in [7, 11) is -9.74. The predicted molar refractivity (Wildman–Crippen MR) is 197 cm³/mol. The molecular formula is C39H51F6N3O2S. The number of ketones is 1. The van der Waals surface area contributed by atoms with Crippen molar-refractivity contribution >= 4 is 26.8 Å². The molecule has 0 bridgehead atoms. The van der Waals surface area contributed by atoms with Crippen molar-refractivity contribution in [1.82, 2.24) is 10.2 Å². The number of halogens is 6. The minimum absolute atomic E-state index is 0.0272. The molecule has 12 heteroatoms. The monoisotopic (exact) mass is 739 g/mol. The zero-order valence-corrected chi connectivity index (χ0v) is 31.3. The highest BCUT2D eigenvalue weighted by Crippen LogP contribution is 3.02. The number of carbonyl (C=O) groups excluding carboxylic acids is 1. The molecule has 2 atom stereocenters. The number of carbonyl (C=O) groups is 1. The van der Waals surface area contributed by atoms with E-state index in [0.717, 1.165) is 41.7 Å². The maximum Gasteiger partial charge on any atom is 0.310 e. The van der Waals surface area contributed by atoms with Gasteiger partial charge in [0.25, 0.3) is 5.56 Å². The summed E-state index contributed by atoms with van der Waals surface area (Å²) in [5, 5.41) is 7.72. The van der Waals surface area contributed by atoms with E-state index in [1.807, 2.05) is 12.1 Å². The van der Waals surface area contributed by atoms with Gasteiger partial charge in [-0.3, -0.25) is 9.59 Å². The fraction of sp³-hybridized carbons (Fsp3) is 0.462. The maximum atomic E-state index is 12.9. The first-order valence-electron chi connectivity index (χ1n) is 17.3. The molecule has 0 spiro atoms. The average Bonchev–Trinajstić information content (AvgIpc) is 3.87. The second kappa shape index (κ2) is 15.5. The van der Waals surface area contributed by atoms with Crippen molar-refractivity contribution in [2.24, 2.45) is 17.6 Å². The number of hydrogen-bond acceptors (Lipinski definition) is 4. The highest BCUT2D eigenvalue weighted by molar-refractivity contribution is 8.45. The molecule has 1 saturated carbocycles. The molecule has 0 radical (unpaired) electrons. The molecule has 51 heavy (non-hydrogen) atoms. The van der Waals surface area contributed by atoms with Gasteiger partial charge in [-0.05, 0) is 119 Å². The van der Waals surface area contributed by atoms with Crippen LogP contribution in [0.1, 0.15) is 104 Å². The molecule has 5 rings (SSSR count). The quantitative estimate of drug-likeness (QED) is 0.169. The van der Waals surface area contributed by atoms with Crippen LogP contribution in [0.4, 0.5) is 23.8 Å². The number of aromatic nitrogens is 2. The number of H-pyrrole nitrogens is 1. The van der Waals surface area contributed by atoms with Crippen LogP contribution in [0.5, 0.6) is 0 Å². The van der Waals surface area contributed by atoms with Gasteiger partial charge in [-0.15, -0.1) is 0 Å². The normalized spacial score (nSPS) is 18.8. The standard InChI is InChI=1S/C17H28.C14H15N3O2.C8H8F6S/c1-6-14(4)17-12-8-11-16(15(17)5)10-7-9-13(2)3;1-8(18)14(4-5-14)9-2-3-10-11(6-9)12(7-15)16-17-13(10)19;1-2-6-3-4-7(5-8(6)9)15(10,11,12,13)14/h7,9-10,14,17H,6,8,11-12H2,1-5H3;2-3,6H,4-5,7,15H2,1H3,(H,17,19);3-5H,2H2,1H3/b10-7-;;. The zero-order valence-electron chi connectivity index (χ0n) is 30.5. The Labute approximate surface area is 297 Å². The van der Waals surface area contributed by atoms with E-state index in [4.69, 9.17) is 5.73 Å². The fourth-order valence-corrected chi connectivity index (χ4v) is 7.08. The third-order valence-corrected chi connectivity index (χ3v) is 11.1. The minimum atomic E-state index is -9.74. The van der Waals surface area contributed by atoms with Crippen molar-refractivity contribution in [1.29, 1.82) is 0 Å². The van der Waals surface area contributed by atoms with Crippen molar-refractivity contribution in [3.05, 3.63) is 104 Å². The van der Waals surface area contributed by atoms with E-state index in [0.29, 0.717) is 11.1 Å². The second-order valence-electron chi connectivity index (χ2n) is 13.9. The van der Waals surface area contributed by atoms with Crippen LogP contribution >= 0.6 is 10.2 Å². The molecule has 0 amide bonds. The molecular weight excluding hydrogens is 689 g/mol. The number of hydrogen-bond donors (Lipinski definition) is 2. The molecule has 2 unspecified atom stereocenters. The van der Waals surface area contributed by atoms with Crippen molar-refractivity contribution < 1.29 is 28.6 Å². The number of Topliss-reactive ketones (excluding diaryl/α,β-unsaturated/α-hetero) is 1. The fourth-order valence-electron chi connectivity index (χ4n) is 6.43. The summed E-state index contributed by atoms with van der Waals surface area (Å²) in [6.07, 6.45) is 14.0. The number of aryl methyl sites for hydroxylation is 1. The Bertz CT molecular complexity index is 1890. The lowest BCUT2D eigenvalue weighted by molar-refractivity contribution is -0.119. The molecule has 1 heterocycles. The number of allylic oxidation sites excluding steroid dienone is 6. The first-order valence-corrected chi connectivity index (χ1v) is 19.3. The lowest BCUT2D eigenvalue weighted by atomic mass is 9.76. The summed E-state index contributed by atoms with van der Waals surface area (Å²) in [6, 6.07) is 6.31. The molecule has 2 aliphatic carbocycles. The molecule has 0 saturated heterocycles. The van der Waals surface area contributed by atoms with Gasteiger partial charge < -0.3 is 5.73 Å². The highest BCUT2D eigenvalue weighted by atomic mass is 32.5. The topological polar surface area (TPSA) is 88.8 Å². The lowest BCUT2D eigenvalue weighted by Crippen LogP contribution is -2.18. The number of aromatic amines is 1. The molecule has 1 fully saturated rings. The Morgan fingerprint density at radius 2 is 1.73 bits per heavy atom. The minimum Gasteiger partial charge on any atom is -0.325 e. The third kappa shape index (κ3) is 10.7. The Balaban J connectivity index is 0.000000208. The summed E-state index contributed by atoms with van der Waals surface area (Å²) < 4.78 is 73.9. The van der Waals surface area contributed by atoms with E-state index in [1.54, 1.807) is 24.1 Å². The smallest absolute Gasteiger partial charge is 0.310 e. The Morgan fingerprint density at radius 3 is 2.24 bits per heavy atom. The number of rotatable bonds is 9. The molecule has 0 aliphatic heterocycles. The van der Waals surface area contributed by atoms with Gasteiger partial charge in [0.15, 0.2) is 0 Å². The summed E-state index contributed by atoms with van der Waals surface area (Å²) in [5.41, 5.74) is 11.3. The molecule has 3 aromatic rings. The van der Waals surface area contributed by atoms with Crippen LogP contribution in [0.2, 0.25) is 0 Å². The maximum absolute atomic E-state index is 12.9. The molecule has 3 N–H and O–H groups in total. The van der Waals surface area contributed by atoms with Crippen molar-refractivity contribution in [2.75, 3.05) is 0 Å². The largest absolute Gasteiger partial charge is 0.325 e. The first-order chi connectivity index (χ1) is 23.6. The van der Waals surface area contributed by atoms with Gasteiger partial charge in [-0.25, -0.2) is 9.49 Å². The molecule has 1 aromatic heterocycles. The average molecular weight is 740 g/mol. The van der Waals surface area contributed by atoms with Crippen LogP contribution in [-0.4, -0.2) is 16.0 Å². The number of fused-ring (bicyclic) bond motifs is 1. The van der Waals surface area contributed by atoms with Gasteiger partial charge in [0.2, 0.25) is 0 Å². The van der Waals surface area contributed by atoms with Crippen LogP contribution < -0.4 is 11.3 Å². The van der Waals surface area contributed by atoms with Crippen LogP contribution in [-0.2, 0) is 23.2 Å². The summed E-state index contributed by atoms with van der Waals surface area (Å²) in [6.45, 7) is 14.7. The van der Waals surface area contributed by atoms with Crippen LogP contribution in [0.3, 0.4) is 0 Å². The summed E-state index contributed by atoms with van der Waals surface area (Å²) >= 11 is 0. The number of nitrogens with zero attached hydrogens (tertiary/aromatic N) is 1. The Morgan fingerprint density at radius 1 is 1.06 bits per heavy atom. The zero-order chi connectivity index (χ0) is 38.4. The van der Waals surface area contributed by atoms with Crippen LogP contribution in [0.15, 0.2) is 81.0 Å². The molecule has 2 aliphatic rings. The van der Waals surface area contributed by atoms with Gasteiger partial charge in [0.1, 0.15) is 16.5 Å².